The number of carbonyl (C=O) groups excluding carboxylic acids is 1. The molecule has 1 N–H and O–H groups in total. The summed E-state index contributed by atoms with van der Waals surface area (Å²) in [7, 11) is 0. The summed E-state index contributed by atoms with van der Waals surface area (Å²) >= 11 is 3.30. The molecule has 1 heterocycles. The van der Waals surface area contributed by atoms with E-state index in [9.17, 15) is 4.79 Å². The van der Waals surface area contributed by atoms with E-state index in [0.717, 1.165) is 23.2 Å². The van der Waals surface area contributed by atoms with Gasteiger partial charge in [0.15, 0.2) is 0 Å². The number of hydrogen-bond acceptors (Lipinski definition) is 2. The first-order valence-corrected chi connectivity index (χ1v) is 6.03. The molecule has 1 amide bonds. The Balaban J connectivity index is 2.17. The van der Waals surface area contributed by atoms with E-state index < -0.39 is 0 Å². The molecule has 1 aromatic carbocycles. The Morgan fingerprint density at radius 3 is 3.07 bits per heavy atom. The summed E-state index contributed by atoms with van der Waals surface area (Å²) in [6.45, 7) is 0.632. The van der Waals surface area contributed by atoms with E-state index in [4.69, 9.17) is 4.74 Å². The first-order chi connectivity index (χ1) is 7.29. The van der Waals surface area contributed by atoms with Gasteiger partial charge < -0.3 is 10.1 Å². The molecule has 0 saturated carbocycles. The third-order valence-corrected chi connectivity index (χ3v) is 2.65. The fourth-order valence-corrected chi connectivity index (χ4v) is 1.76. The van der Waals surface area contributed by atoms with Gasteiger partial charge in [0.25, 0.3) is 0 Å². The highest BCUT2D eigenvalue weighted by Gasteiger charge is 2.14. The number of anilines is 1. The average Bonchev–Trinajstić information content (AvgIpc) is 2.25. The third-order valence-electron chi connectivity index (χ3n) is 2.32. The topological polar surface area (TPSA) is 38.3 Å². The summed E-state index contributed by atoms with van der Waals surface area (Å²) in [5.74, 6) is 0.885. The van der Waals surface area contributed by atoms with Crippen LogP contribution in [-0.2, 0) is 11.2 Å². The number of benzene rings is 1. The van der Waals surface area contributed by atoms with Gasteiger partial charge in [-0.1, -0.05) is 22.0 Å². The van der Waals surface area contributed by atoms with Gasteiger partial charge in [-0.3, -0.25) is 4.79 Å². The summed E-state index contributed by atoms with van der Waals surface area (Å²) in [6.07, 6.45) is 1.40. The zero-order chi connectivity index (χ0) is 10.7. The van der Waals surface area contributed by atoms with Crippen LogP contribution < -0.4 is 10.1 Å². The van der Waals surface area contributed by atoms with Crippen LogP contribution in [0, 0.1) is 0 Å². The van der Waals surface area contributed by atoms with Crippen molar-refractivity contribution in [3.05, 3.63) is 23.8 Å². The van der Waals surface area contributed by atoms with E-state index in [-0.39, 0.29) is 5.91 Å². The molecule has 0 saturated heterocycles. The van der Waals surface area contributed by atoms with Gasteiger partial charge in [0.1, 0.15) is 5.75 Å². The lowest BCUT2D eigenvalue weighted by atomic mass is 10.0. The Morgan fingerprint density at radius 1 is 1.40 bits per heavy atom. The maximum atomic E-state index is 11.2. The first kappa shape index (κ1) is 10.5. The smallest absolute Gasteiger partial charge is 0.224 e. The predicted octanol–water partition coefficient (Wildman–Crippen LogP) is 2.34. The van der Waals surface area contributed by atoms with Crippen molar-refractivity contribution in [3.8, 4) is 5.75 Å². The van der Waals surface area contributed by atoms with Gasteiger partial charge >= 0.3 is 0 Å². The number of halogens is 1. The van der Waals surface area contributed by atoms with E-state index >= 15 is 0 Å². The number of amides is 1. The molecule has 0 fully saturated rings. The number of aryl methyl sites for hydroxylation is 1. The molecule has 15 heavy (non-hydrogen) atoms. The van der Waals surface area contributed by atoms with Crippen molar-refractivity contribution < 1.29 is 9.53 Å². The lowest BCUT2D eigenvalue weighted by Crippen LogP contribution is -2.18. The van der Waals surface area contributed by atoms with Crippen molar-refractivity contribution >= 4 is 27.5 Å². The Hall–Kier alpha value is -1.03. The van der Waals surface area contributed by atoms with Gasteiger partial charge in [-0.2, -0.15) is 0 Å². The van der Waals surface area contributed by atoms with Crippen LogP contribution in [0.5, 0.6) is 5.75 Å². The van der Waals surface area contributed by atoms with Gasteiger partial charge in [0.05, 0.1) is 6.61 Å². The second kappa shape index (κ2) is 4.66. The largest absolute Gasteiger partial charge is 0.493 e. The minimum absolute atomic E-state index is 0.0835. The van der Waals surface area contributed by atoms with Crippen molar-refractivity contribution in [1.29, 1.82) is 0 Å². The maximum Gasteiger partial charge on any atom is 0.224 e. The number of alkyl halides is 1. The molecule has 0 bridgehead atoms. The van der Waals surface area contributed by atoms with Gasteiger partial charge in [0.2, 0.25) is 5.91 Å². The third kappa shape index (κ3) is 2.50. The van der Waals surface area contributed by atoms with Crippen molar-refractivity contribution in [3.63, 3.8) is 0 Å². The Morgan fingerprint density at radius 2 is 2.27 bits per heavy atom. The molecule has 1 aliphatic heterocycles. The summed E-state index contributed by atoms with van der Waals surface area (Å²) in [6, 6.07) is 5.84. The molecule has 4 heteroatoms. The van der Waals surface area contributed by atoms with Gasteiger partial charge in [0, 0.05) is 23.5 Å². The monoisotopic (exact) mass is 269 g/mol. The van der Waals surface area contributed by atoms with E-state index in [1.807, 2.05) is 18.2 Å². The minimum atomic E-state index is 0.0835. The summed E-state index contributed by atoms with van der Waals surface area (Å²) in [4.78, 5) is 11.2. The van der Waals surface area contributed by atoms with Crippen LogP contribution in [0.15, 0.2) is 18.2 Å². The normalized spacial score (nSPS) is 14.3. The second-order valence-electron chi connectivity index (χ2n) is 3.40. The fourth-order valence-electron chi connectivity index (χ4n) is 1.60. The molecule has 0 spiro atoms. The minimum Gasteiger partial charge on any atom is -0.493 e. The summed E-state index contributed by atoms with van der Waals surface area (Å²) in [5, 5.41) is 3.65. The van der Waals surface area contributed by atoms with E-state index in [1.165, 1.54) is 5.56 Å². The highest BCUT2D eigenvalue weighted by Crippen LogP contribution is 2.26. The van der Waals surface area contributed by atoms with Crippen molar-refractivity contribution in [2.24, 2.45) is 0 Å². The predicted molar refractivity (Wildman–Crippen MR) is 62.7 cm³/mol. The van der Waals surface area contributed by atoms with Crippen LogP contribution in [0.3, 0.4) is 0 Å². The number of carbonyl (C=O) groups is 1. The molecule has 80 valence electrons. The molecule has 0 unspecified atom stereocenters. The number of nitrogens with one attached hydrogen (secondary N) is 1. The number of hydrogen-bond donors (Lipinski definition) is 1. The van der Waals surface area contributed by atoms with E-state index in [0.29, 0.717) is 13.0 Å². The lowest BCUT2D eigenvalue weighted by molar-refractivity contribution is -0.116. The second-order valence-corrected chi connectivity index (χ2v) is 4.20. The van der Waals surface area contributed by atoms with Crippen LogP contribution in [0.2, 0.25) is 0 Å². The zero-order valence-corrected chi connectivity index (χ0v) is 9.84. The number of fused-ring (bicyclic) bond motifs is 1. The molecule has 0 radical (unpaired) electrons. The van der Waals surface area contributed by atoms with Gasteiger partial charge in [-0.25, -0.2) is 0 Å². The van der Waals surface area contributed by atoms with Crippen LogP contribution in [-0.4, -0.2) is 17.8 Å². The Labute approximate surface area is 96.9 Å². The van der Waals surface area contributed by atoms with Crippen LogP contribution in [0.4, 0.5) is 5.69 Å². The molecule has 0 aromatic heterocycles. The molecule has 3 nitrogen and oxygen atoms in total. The molecular formula is C11H12BrNO2. The van der Waals surface area contributed by atoms with E-state index in [1.54, 1.807) is 0 Å². The molecule has 2 rings (SSSR count). The highest BCUT2D eigenvalue weighted by atomic mass is 79.9. The maximum absolute atomic E-state index is 11.2. The number of ether oxygens (including phenoxy) is 1. The fraction of sp³-hybridized carbons (Fsp3) is 0.364. The average molecular weight is 270 g/mol. The molecule has 0 aliphatic carbocycles. The van der Waals surface area contributed by atoms with E-state index in [2.05, 4.69) is 21.2 Å². The van der Waals surface area contributed by atoms with Crippen molar-refractivity contribution in [1.82, 2.24) is 0 Å². The molecule has 0 atom stereocenters. The van der Waals surface area contributed by atoms with Crippen LogP contribution in [0.1, 0.15) is 12.0 Å². The highest BCUT2D eigenvalue weighted by molar-refractivity contribution is 9.09. The SMILES string of the molecule is O=C1CCc2ccc(OCCBr)cc2N1. The summed E-state index contributed by atoms with van der Waals surface area (Å²) in [5.41, 5.74) is 2.07. The van der Waals surface area contributed by atoms with Crippen molar-refractivity contribution in [2.45, 2.75) is 12.8 Å². The van der Waals surface area contributed by atoms with Gasteiger partial charge in [-0.05, 0) is 18.1 Å². The Bertz CT molecular complexity index is 379. The molecule has 1 aliphatic rings. The van der Waals surface area contributed by atoms with Crippen LogP contribution >= 0.6 is 15.9 Å². The zero-order valence-electron chi connectivity index (χ0n) is 8.25. The van der Waals surface area contributed by atoms with Crippen molar-refractivity contribution in [2.75, 3.05) is 17.3 Å². The Kier molecular flexibility index (Phi) is 3.26. The van der Waals surface area contributed by atoms with Crippen LogP contribution in [0.25, 0.3) is 0 Å². The number of rotatable bonds is 3. The quantitative estimate of drug-likeness (QED) is 0.856. The summed E-state index contributed by atoms with van der Waals surface area (Å²) < 4.78 is 5.46. The molecule has 1 aromatic rings. The van der Waals surface area contributed by atoms with Gasteiger partial charge in [-0.15, -0.1) is 0 Å². The molecular weight excluding hydrogens is 258 g/mol. The lowest BCUT2D eigenvalue weighted by Gasteiger charge is -2.17. The standard InChI is InChI=1S/C11H12BrNO2/c12-5-6-15-9-3-1-8-2-4-11(14)13-10(8)7-9/h1,3,7H,2,4-6H2,(H,13,14). The first-order valence-electron chi connectivity index (χ1n) is 4.91.